The minimum absolute atomic E-state index is 0.847. The number of nitrogens with zero attached hydrogens (tertiary/aromatic N) is 1. The summed E-state index contributed by atoms with van der Waals surface area (Å²) in [5.41, 5.74) is 0. The van der Waals surface area contributed by atoms with E-state index in [1.54, 1.807) is 0 Å². The highest BCUT2D eigenvalue weighted by atomic mass is 15.2. The first-order valence-corrected chi connectivity index (χ1v) is 5.77. The van der Waals surface area contributed by atoms with Crippen molar-refractivity contribution in [2.75, 3.05) is 26.7 Å². The zero-order chi connectivity index (χ0) is 9.52. The van der Waals surface area contributed by atoms with Crippen LogP contribution < -0.4 is 5.32 Å². The second kappa shape index (κ2) is 6.39. The normalized spacial score (nSPS) is 20.8. The van der Waals surface area contributed by atoms with E-state index in [1.165, 1.54) is 51.7 Å². The third-order valence-electron chi connectivity index (χ3n) is 3.01. The van der Waals surface area contributed by atoms with Gasteiger partial charge in [-0.2, -0.15) is 0 Å². The Balaban J connectivity index is 2.26. The smallest absolute Gasteiger partial charge is 0.0107 e. The van der Waals surface area contributed by atoms with Crippen molar-refractivity contribution >= 4 is 0 Å². The highest BCUT2D eigenvalue weighted by molar-refractivity contribution is 4.76. The van der Waals surface area contributed by atoms with Crippen molar-refractivity contribution in [3.8, 4) is 0 Å². The lowest BCUT2D eigenvalue weighted by molar-refractivity contribution is 0.217. The summed E-state index contributed by atoms with van der Waals surface area (Å²) in [6.07, 6.45) is 6.86. The highest BCUT2D eigenvalue weighted by Crippen LogP contribution is 2.17. The van der Waals surface area contributed by atoms with E-state index in [9.17, 15) is 0 Å². The lowest BCUT2D eigenvalue weighted by Gasteiger charge is -2.27. The molecular weight excluding hydrogens is 160 g/mol. The molecule has 1 fully saturated rings. The molecule has 0 aliphatic carbocycles. The van der Waals surface area contributed by atoms with E-state index < -0.39 is 0 Å². The van der Waals surface area contributed by atoms with Crippen molar-refractivity contribution in [3.63, 3.8) is 0 Å². The molecule has 1 aliphatic rings. The van der Waals surface area contributed by atoms with Gasteiger partial charge in [-0.25, -0.2) is 0 Å². The maximum Gasteiger partial charge on any atom is 0.0107 e. The van der Waals surface area contributed by atoms with Gasteiger partial charge in [-0.05, 0) is 52.4 Å². The van der Waals surface area contributed by atoms with Crippen LogP contribution in [0.15, 0.2) is 0 Å². The van der Waals surface area contributed by atoms with Crippen molar-refractivity contribution in [3.05, 3.63) is 0 Å². The molecule has 0 aromatic heterocycles. The standard InChI is InChI=1S/C11H24N2/c1-3-6-11(7-8-12-2)13-9-4-5-10-13/h11-12H,3-10H2,1-2H3. The fourth-order valence-electron chi connectivity index (χ4n) is 2.26. The van der Waals surface area contributed by atoms with E-state index in [4.69, 9.17) is 0 Å². The zero-order valence-electron chi connectivity index (χ0n) is 9.18. The molecule has 0 aromatic rings. The van der Waals surface area contributed by atoms with Crippen LogP contribution >= 0.6 is 0 Å². The molecule has 1 N–H and O–H groups in total. The predicted octanol–water partition coefficient (Wildman–Crippen LogP) is 1.86. The van der Waals surface area contributed by atoms with Crippen LogP contribution in [0, 0.1) is 0 Å². The second-order valence-corrected chi connectivity index (χ2v) is 4.08. The summed E-state index contributed by atoms with van der Waals surface area (Å²) in [5, 5.41) is 3.25. The first kappa shape index (κ1) is 11.0. The maximum absolute atomic E-state index is 3.25. The quantitative estimate of drug-likeness (QED) is 0.678. The van der Waals surface area contributed by atoms with Gasteiger partial charge >= 0.3 is 0 Å². The summed E-state index contributed by atoms with van der Waals surface area (Å²) in [6.45, 7) is 6.15. The lowest BCUT2D eigenvalue weighted by atomic mass is 10.1. The molecule has 1 heterocycles. The molecule has 0 aromatic carbocycles. The van der Waals surface area contributed by atoms with Crippen LogP contribution in [-0.4, -0.2) is 37.6 Å². The fourth-order valence-corrected chi connectivity index (χ4v) is 2.26. The van der Waals surface area contributed by atoms with Gasteiger partial charge in [0, 0.05) is 6.04 Å². The Morgan fingerprint density at radius 2 is 1.92 bits per heavy atom. The Labute approximate surface area is 82.7 Å². The van der Waals surface area contributed by atoms with Crippen molar-refractivity contribution in [1.82, 2.24) is 10.2 Å². The van der Waals surface area contributed by atoms with Gasteiger partial charge in [-0.1, -0.05) is 13.3 Å². The molecule has 1 atom stereocenters. The minimum atomic E-state index is 0.847. The molecule has 1 unspecified atom stereocenters. The Morgan fingerprint density at radius 3 is 2.46 bits per heavy atom. The van der Waals surface area contributed by atoms with Gasteiger partial charge in [0.25, 0.3) is 0 Å². The average Bonchev–Trinajstić information content (AvgIpc) is 2.65. The van der Waals surface area contributed by atoms with E-state index in [0.717, 1.165) is 6.04 Å². The molecule has 2 heteroatoms. The summed E-state index contributed by atoms with van der Waals surface area (Å²) < 4.78 is 0. The van der Waals surface area contributed by atoms with Crippen LogP contribution in [0.2, 0.25) is 0 Å². The molecule has 0 radical (unpaired) electrons. The molecule has 0 spiro atoms. The van der Waals surface area contributed by atoms with Gasteiger partial charge in [-0.15, -0.1) is 0 Å². The molecule has 1 rings (SSSR count). The summed E-state index contributed by atoms with van der Waals surface area (Å²) in [7, 11) is 2.05. The van der Waals surface area contributed by atoms with Crippen molar-refractivity contribution < 1.29 is 0 Å². The SMILES string of the molecule is CCCC(CCNC)N1CCCC1. The van der Waals surface area contributed by atoms with E-state index in [0.29, 0.717) is 0 Å². The van der Waals surface area contributed by atoms with E-state index in [1.807, 2.05) is 7.05 Å². The first-order chi connectivity index (χ1) is 6.38. The van der Waals surface area contributed by atoms with Gasteiger partial charge in [0.2, 0.25) is 0 Å². The molecule has 1 saturated heterocycles. The number of hydrogen-bond donors (Lipinski definition) is 1. The Kier molecular flexibility index (Phi) is 5.40. The van der Waals surface area contributed by atoms with Gasteiger partial charge in [0.05, 0.1) is 0 Å². The highest BCUT2D eigenvalue weighted by Gasteiger charge is 2.20. The largest absolute Gasteiger partial charge is 0.320 e. The van der Waals surface area contributed by atoms with Crippen LogP contribution in [-0.2, 0) is 0 Å². The van der Waals surface area contributed by atoms with Gasteiger partial charge in [0.15, 0.2) is 0 Å². The van der Waals surface area contributed by atoms with Crippen LogP contribution in [0.1, 0.15) is 39.0 Å². The maximum atomic E-state index is 3.25. The van der Waals surface area contributed by atoms with Gasteiger partial charge in [0.1, 0.15) is 0 Å². The number of likely N-dealkylation sites (tertiary alicyclic amines) is 1. The number of hydrogen-bond acceptors (Lipinski definition) is 2. The summed E-state index contributed by atoms with van der Waals surface area (Å²) in [6, 6.07) is 0.847. The monoisotopic (exact) mass is 184 g/mol. The molecule has 78 valence electrons. The summed E-state index contributed by atoms with van der Waals surface area (Å²) >= 11 is 0. The third-order valence-corrected chi connectivity index (χ3v) is 3.01. The molecule has 13 heavy (non-hydrogen) atoms. The Bertz CT molecular complexity index is 119. The van der Waals surface area contributed by atoms with Crippen LogP contribution in [0.3, 0.4) is 0 Å². The average molecular weight is 184 g/mol. The lowest BCUT2D eigenvalue weighted by Crippen LogP contribution is -2.34. The van der Waals surface area contributed by atoms with Gasteiger partial charge in [-0.3, -0.25) is 0 Å². The van der Waals surface area contributed by atoms with Crippen LogP contribution in [0.5, 0.6) is 0 Å². The molecule has 0 saturated carbocycles. The predicted molar refractivity (Wildman–Crippen MR) is 58.0 cm³/mol. The van der Waals surface area contributed by atoms with Crippen molar-refractivity contribution in [2.45, 2.75) is 45.1 Å². The molecule has 1 aliphatic heterocycles. The molecular formula is C11H24N2. The van der Waals surface area contributed by atoms with E-state index >= 15 is 0 Å². The van der Waals surface area contributed by atoms with Crippen molar-refractivity contribution in [2.24, 2.45) is 0 Å². The van der Waals surface area contributed by atoms with E-state index in [-0.39, 0.29) is 0 Å². The fraction of sp³-hybridized carbons (Fsp3) is 1.00. The van der Waals surface area contributed by atoms with Crippen molar-refractivity contribution in [1.29, 1.82) is 0 Å². The summed E-state index contributed by atoms with van der Waals surface area (Å²) in [5.74, 6) is 0. The second-order valence-electron chi connectivity index (χ2n) is 4.08. The minimum Gasteiger partial charge on any atom is -0.320 e. The topological polar surface area (TPSA) is 15.3 Å². The van der Waals surface area contributed by atoms with Crippen LogP contribution in [0.25, 0.3) is 0 Å². The molecule has 0 bridgehead atoms. The molecule has 2 nitrogen and oxygen atoms in total. The molecule has 0 amide bonds. The van der Waals surface area contributed by atoms with E-state index in [2.05, 4.69) is 17.1 Å². The van der Waals surface area contributed by atoms with Gasteiger partial charge < -0.3 is 10.2 Å². The zero-order valence-corrected chi connectivity index (χ0v) is 9.18. The number of rotatable bonds is 6. The summed E-state index contributed by atoms with van der Waals surface area (Å²) in [4.78, 5) is 2.68. The first-order valence-electron chi connectivity index (χ1n) is 5.77. The third kappa shape index (κ3) is 3.65. The Morgan fingerprint density at radius 1 is 1.23 bits per heavy atom. The number of nitrogens with one attached hydrogen (secondary N) is 1. The van der Waals surface area contributed by atoms with Crippen LogP contribution in [0.4, 0.5) is 0 Å². The Hall–Kier alpha value is -0.0800.